The SMILES string of the molecule is C=CCNC(=O)C(=O)C(CC1CC1)NC(=O)C1C(C)C(C)(C)CN1C(=O)[C@@H](NC(=O)NC1(CS(=O)(=O)C(C)(C)C)CCCCC1)C(C)(C)C. The van der Waals surface area contributed by atoms with Crippen LogP contribution in [0.2, 0.25) is 0 Å². The summed E-state index contributed by atoms with van der Waals surface area (Å²) in [4.78, 5) is 69.5. The average molecular weight is 708 g/mol. The normalized spacial score (nSPS) is 23.5. The van der Waals surface area contributed by atoms with Gasteiger partial charge in [0.05, 0.1) is 22.1 Å². The van der Waals surface area contributed by atoms with Crippen LogP contribution in [0.5, 0.6) is 0 Å². The van der Waals surface area contributed by atoms with E-state index in [4.69, 9.17) is 0 Å². The highest BCUT2D eigenvalue weighted by molar-refractivity contribution is 7.92. The van der Waals surface area contributed by atoms with Gasteiger partial charge in [-0.3, -0.25) is 19.2 Å². The third-order valence-electron chi connectivity index (χ3n) is 10.7. The molecule has 3 fully saturated rings. The van der Waals surface area contributed by atoms with Crippen molar-refractivity contribution in [2.75, 3.05) is 18.8 Å². The standard InChI is InChI=1S/C36H61N5O7S/c1-11-19-37-30(44)27(42)25(20-24-15-16-24)38-29(43)26-23(2)35(9,10)21-41(26)31(45)28(33(3,4)5)39-32(46)40-36(17-13-12-14-18-36)22-49(47,48)34(6,7)8/h11,23-26,28H,1,12-22H2,2-10H3,(H,37,44)(H,38,43)(H2,39,40,46)/t23?,25?,26?,28-/m1/s1. The molecule has 49 heavy (non-hydrogen) atoms. The second-order valence-corrected chi connectivity index (χ2v) is 20.1. The van der Waals surface area contributed by atoms with Crippen LogP contribution in [0, 0.1) is 22.7 Å². The zero-order chi connectivity index (χ0) is 37.2. The smallest absolute Gasteiger partial charge is 0.315 e. The summed E-state index contributed by atoms with van der Waals surface area (Å²) in [5.41, 5.74) is -2.23. The fourth-order valence-corrected chi connectivity index (χ4v) is 8.41. The van der Waals surface area contributed by atoms with Crippen molar-refractivity contribution in [1.29, 1.82) is 0 Å². The highest BCUT2D eigenvalue weighted by Crippen LogP contribution is 2.41. The van der Waals surface area contributed by atoms with Gasteiger partial charge in [-0.2, -0.15) is 0 Å². The number of likely N-dealkylation sites (tertiary alicyclic amines) is 1. The van der Waals surface area contributed by atoms with Crippen LogP contribution in [0.1, 0.15) is 114 Å². The summed E-state index contributed by atoms with van der Waals surface area (Å²) in [6.45, 7) is 20.2. The summed E-state index contributed by atoms with van der Waals surface area (Å²) in [5.74, 6) is -2.78. The molecule has 1 saturated heterocycles. The minimum absolute atomic E-state index is 0.118. The first kappa shape index (κ1) is 40.5. The van der Waals surface area contributed by atoms with E-state index in [-0.39, 0.29) is 30.7 Å². The van der Waals surface area contributed by atoms with Crippen LogP contribution in [0.15, 0.2) is 12.7 Å². The molecule has 4 atom stereocenters. The first-order chi connectivity index (χ1) is 22.4. The molecule has 2 aliphatic carbocycles. The molecule has 12 nitrogen and oxygen atoms in total. The molecule has 1 heterocycles. The number of Topliss-reactive ketones (excluding diaryl/α,β-unsaturated/α-hetero) is 1. The summed E-state index contributed by atoms with van der Waals surface area (Å²) in [6, 6.07) is -3.68. The van der Waals surface area contributed by atoms with E-state index in [0.717, 1.165) is 32.1 Å². The summed E-state index contributed by atoms with van der Waals surface area (Å²) in [6.07, 6.45) is 7.15. The van der Waals surface area contributed by atoms with Crippen LogP contribution in [0.4, 0.5) is 4.79 Å². The van der Waals surface area contributed by atoms with Crippen LogP contribution >= 0.6 is 0 Å². The zero-order valence-electron chi connectivity index (χ0n) is 31.2. The number of sulfone groups is 1. The molecule has 0 aromatic carbocycles. The Kier molecular flexibility index (Phi) is 12.5. The Labute approximate surface area is 293 Å². The topological polar surface area (TPSA) is 171 Å². The molecule has 3 rings (SSSR count). The lowest BCUT2D eigenvalue weighted by Crippen LogP contribution is -2.63. The van der Waals surface area contributed by atoms with Crippen molar-refractivity contribution in [1.82, 2.24) is 26.2 Å². The predicted octanol–water partition coefficient (Wildman–Crippen LogP) is 3.65. The number of urea groups is 1. The van der Waals surface area contributed by atoms with Crippen molar-refractivity contribution in [3.05, 3.63) is 12.7 Å². The molecule has 1 aliphatic heterocycles. The van der Waals surface area contributed by atoms with Crippen molar-refractivity contribution in [3.63, 3.8) is 0 Å². The van der Waals surface area contributed by atoms with Gasteiger partial charge >= 0.3 is 6.03 Å². The zero-order valence-corrected chi connectivity index (χ0v) is 32.0. The van der Waals surface area contributed by atoms with Crippen molar-refractivity contribution < 1.29 is 32.4 Å². The van der Waals surface area contributed by atoms with E-state index in [1.807, 2.05) is 41.5 Å². The maximum atomic E-state index is 14.5. The van der Waals surface area contributed by atoms with Gasteiger partial charge in [0.25, 0.3) is 5.91 Å². The lowest BCUT2D eigenvalue weighted by atomic mass is 9.80. The van der Waals surface area contributed by atoms with E-state index in [2.05, 4.69) is 27.8 Å². The molecular weight excluding hydrogens is 646 g/mol. The predicted molar refractivity (Wildman–Crippen MR) is 190 cm³/mol. The number of carbonyl (C=O) groups excluding carboxylic acids is 5. The van der Waals surface area contributed by atoms with Crippen LogP contribution in [0.25, 0.3) is 0 Å². The number of ketones is 1. The van der Waals surface area contributed by atoms with Gasteiger partial charge in [0.15, 0.2) is 9.84 Å². The lowest BCUT2D eigenvalue weighted by molar-refractivity contribution is -0.144. The Morgan fingerprint density at radius 2 is 1.55 bits per heavy atom. The van der Waals surface area contributed by atoms with E-state index in [0.29, 0.717) is 19.3 Å². The molecular formula is C36H61N5O7S. The summed E-state index contributed by atoms with van der Waals surface area (Å²) < 4.78 is 25.6. The summed E-state index contributed by atoms with van der Waals surface area (Å²) in [7, 11) is -3.57. The van der Waals surface area contributed by atoms with Crippen LogP contribution in [-0.2, 0) is 29.0 Å². The van der Waals surface area contributed by atoms with Gasteiger partial charge in [-0.1, -0.05) is 79.7 Å². The first-order valence-electron chi connectivity index (χ1n) is 17.8. The van der Waals surface area contributed by atoms with Crippen LogP contribution in [0.3, 0.4) is 0 Å². The van der Waals surface area contributed by atoms with E-state index in [1.54, 1.807) is 20.8 Å². The fraction of sp³-hybridized carbons (Fsp3) is 0.806. The number of rotatable bonds is 13. The van der Waals surface area contributed by atoms with Crippen molar-refractivity contribution in [2.45, 2.75) is 142 Å². The summed E-state index contributed by atoms with van der Waals surface area (Å²) in [5, 5.41) is 11.2. The van der Waals surface area contributed by atoms with Gasteiger partial charge in [-0.25, -0.2) is 13.2 Å². The molecule has 4 N–H and O–H groups in total. The van der Waals surface area contributed by atoms with Gasteiger partial charge in [0.1, 0.15) is 12.1 Å². The van der Waals surface area contributed by atoms with Crippen molar-refractivity contribution in [2.24, 2.45) is 22.7 Å². The maximum Gasteiger partial charge on any atom is 0.315 e. The van der Waals surface area contributed by atoms with Gasteiger partial charge in [0.2, 0.25) is 17.6 Å². The quantitative estimate of drug-likeness (QED) is 0.167. The van der Waals surface area contributed by atoms with E-state index >= 15 is 0 Å². The molecule has 278 valence electrons. The highest BCUT2D eigenvalue weighted by Gasteiger charge is 2.53. The fourth-order valence-electron chi connectivity index (χ4n) is 6.88. The number of nitrogens with one attached hydrogen (secondary N) is 4. The molecule has 0 aromatic heterocycles. The van der Waals surface area contributed by atoms with E-state index in [9.17, 15) is 32.4 Å². The Balaban J connectivity index is 1.87. The molecule has 0 radical (unpaired) electrons. The number of nitrogens with zero attached hydrogens (tertiary/aromatic N) is 1. The number of amides is 5. The van der Waals surface area contributed by atoms with Crippen LogP contribution < -0.4 is 21.3 Å². The third-order valence-corrected chi connectivity index (χ3v) is 13.5. The highest BCUT2D eigenvalue weighted by atomic mass is 32.2. The van der Waals surface area contributed by atoms with Gasteiger partial charge < -0.3 is 26.2 Å². The Morgan fingerprint density at radius 1 is 0.959 bits per heavy atom. The number of carbonyl (C=O) groups is 5. The van der Waals surface area contributed by atoms with Crippen molar-refractivity contribution >= 4 is 39.4 Å². The third kappa shape index (κ3) is 10.1. The van der Waals surface area contributed by atoms with Gasteiger partial charge in [-0.05, 0) is 62.7 Å². The molecule has 13 heteroatoms. The summed E-state index contributed by atoms with van der Waals surface area (Å²) >= 11 is 0. The van der Waals surface area contributed by atoms with E-state index < -0.39 is 78.6 Å². The monoisotopic (exact) mass is 707 g/mol. The first-order valence-corrected chi connectivity index (χ1v) is 19.4. The number of hydrogen-bond donors (Lipinski definition) is 4. The van der Waals surface area contributed by atoms with Gasteiger partial charge in [-0.15, -0.1) is 6.58 Å². The Morgan fingerprint density at radius 3 is 2.06 bits per heavy atom. The second kappa shape index (κ2) is 15.1. The average Bonchev–Trinajstić information content (AvgIpc) is 3.76. The Hall–Kier alpha value is -2.96. The minimum atomic E-state index is -3.57. The van der Waals surface area contributed by atoms with E-state index in [1.165, 1.54) is 11.0 Å². The Bertz CT molecular complexity index is 1380. The molecule has 0 spiro atoms. The molecule has 3 aliphatic rings. The largest absolute Gasteiger partial charge is 0.346 e. The number of hydrogen-bond acceptors (Lipinski definition) is 7. The molecule has 2 saturated carbocycles. The minimum Gasteiger partial charge on any atom is -0.346 e. The van der Waals surface area contributed by atoms with Crippen molar-refractivity contribution in [3.8, 4) is 0 Å². The molecule has 0 aromatic rings. The van der Waals surface area contributed by atoms with Crippen LogP contribution in [-0.4, -0.2) is 90.1 Å². The lowest BCUT2D eigenvalue weighted by Gasteiger charge is -2.41. The second-order valence-electron chi connectivity index (χ2n) is 17.4. The molecule has 5 amide bonds. The maximum absolute atomic E-state index is 14.5. The van der Waals surface area contributed by atoms with Gasteiger partial charge in [0, 0.05) is 13.1 Å². The molecule has 0 bridgehead atoms. The molecule has 3 unspecified atom stereocenters.